The van der Waals surface area contributed by atoms with Crippen LogP contribution in [-0.4, -0.2) is 28.0 Å². The molecule has 2 N–H and O–H groups in total. The van der Waals surface area contributed by atoms with Gasteiger partial charge in [-0.3, -0.25) is 4.79 Å². The molecular weight excluding hydrogens is 388 g/mol. The molecule has 2 fully saturated rings. The van der Waals surface area contributed by atoms with Gasteiger partial charge < -0.3 is 10.6 Å². The maximum atomic E-state index is 13.3. The van der Waals surface area contributed by atoms with Gasteiger partial charge in [0.15, 0.2) is 0 Å². The van der Waals surface area contributed by atoms with E-state index in [9.17, 15) is 4.79 Å². The van der Waals surface area contributed by atoms with Crippen LogP contribution in [0.1, 0.15) is 30.0 Å². The molecule has 2 aliphatic rings. The highest BCUT2D eigenvalue weighted by atomic mass is 32.1. The topological polar surface area (TPSA) is 66.9 Å². The maximum Gasteiger partial charge on any atom is 0.228 e. The minimum absolute atomic E-state index is 0.136. The number of amides is 1. The van der Waals surface area contributed by atoms with Crippen molar-refractivity contribution < 1.29 is 4.79 Å². The van der Waals surface area contributed by atoms with Crippen LogP contribution in [0.25, 0.3) is 11.3 Å². The predicted octanol–water partition coefficient (Wildman–Crippen LogP) is 3.64. The van der Waals surface area contributed by atoms with Crippen LogP contribution in [0.3, 0.4) is 0 Å². The minimum Gasteiger partial charge on any atom is -0.349 e. The number of nitrogens with zero attached hydrogens (tertiary/aromatic N) is 2. The first-order valence-corrected chi connectivity index (χ1v) is 11.5. The fourth-order valence-corrected chi connectivity index (χ4v) is 5.94. The number of hydrogen-bond acceptors (Lipinski definition) is 6. The molecule has 2 bridgehead atoms. The van der Waals surface area contributed by atoms with Gasteiger partial charge in [-0.15, -0.1) is 22.7 Å². The average molecular weight is 411 g/mol. The summed E-state index contributed by atoms with van der Waals surface area (Å²) in [6.45, 7) is 0.479. The number of carbonyl (C=O) groups excluding carboxylic acids is 1. The Morgan fingerprint density at radius 1 is 1.25 bits per heavy atom. The van der Waals surface area contributed by atoms with Crippen LogP contribution < -0.4 is 10.6 Å². The van der Waals surface area contributed by atoms with Crippen molar-refractivity contribution in [3.8, 4) is 11.3 Å². The number of rotatable bonds is 6. The van der Waals surface area contributed by atoms with Gasteiger partial charge in [0.2, 0.25) is 5.91 Å². The molecule has 144 valence electrons. The summed E-state index contributed by atoms with van der Waals surface area (Å²) in [5.74, 6) is 0.136. The van der Waals surface area contributed by atoms with Crippen LogP contribution in [0.15, 0.2) is 46.6 Å². The highest BCUT2D eigenvalue weighted by Crippen LogP contribution is 2.46. The zero-order chi connectivity index (χ0) is 19.0. The first-order chi connectivity index (χ1) is 13.7. The molecule has 0 unspecified atom stereocenters. The summed E-state index contributed by atoms with van der Waals surface area (Å²) >= 11 is 3.19. The summed E-state index contributed by atoms with van der Waals surface area (Å²) in [7, 11) is 0. The third kappa shape index (κ3) is 3.27. The normalized spacial score (nSPS) is 25.9. The molecule has 3 atom stereocenters. The Kier molecular flexibility index (Phi) is 4.74. The van der Waals surface area contributed by atoms with Crippen LogP contribution in [0.2, 0.25) is 0 Å². The fraction of sp³-hybridized carbons (Fsp3) is 0.381. The van der Waals surface area contributed by atoms with Crippen molar-refractivity contribution in [2.24, 2.45) is 5.41 Å². The van der Waals surface area contributed by atoms with Crippen molar-refractivity contribution in [3.05, 3.63) is 57.3 Å². The van der Waals surface area contributed by atoms with Gasteiger partial charge in [-0.05, 0) is 19.3 Å². The maximum absolute atomic E-state index is 13.3. The molecule has 7 heteroatoms. The van der Waals surface area contributed by atoms with E-state index in [-0.39, 0.29) is 11.9 Å². The Morgan fingerprint density at radius 2 is 2.14 bits per heavy atom. The Morgan fingerprint density at radius 3 is 2.86 bits per heavy atom. The van der Waals surface area contributed by atoms with Crippen molar-refractivity contribution in [1.29, 1.82) is 0 Å². The van der Waals surface area contributed by atoms with E-state index in [0.717, 1.165) is 34.8 Å². The molecule has 3 aromatic rings. The molecule has 1 aromatic carbocycles. The summed E-state index contributed by atoms with van der Waals surface area (Å²) in [5.41, 5.74) is 4.55. The average Bonchev–Trinajstić information content (AvgIpc) is 3.51. The van der Waals surface area contributed by atoms with Gasteiger partial charge in [0.25, 0.3) is 0 Å². The standard InChI is InChI=1S/C21H22N4OS2/c26-20(22-10-19-25-17(12-28-19)14-4-2-1-3-5-14)21(9-16-11-27-13-23-16)8-15-6-7-18(21)24-15/h1-5,11-13,15,18,24H,6-10H2,(H,22,26)/t15-,18+,21-/m1/s1. The number of fused-ring (bicyclic) bond motifs is 2. The number of benzene rings is 1. The number of thiazole rings is 2. The lowest BCUT2D eigenvalue weighted by molar-refractivity contribution is -0.132. The van der Waals surface area contributed by atoms with E-state index < -0.39 is 5.41 Å². The number of aromatic nitrogens is 2. The third-order valence-corrected chi connectivity index (χ3v) is 7.46. The lowest BCUT2D eigenvalue weighted by atomic mass is 9.70. The zero-order valence-electron chi connectivity index (χ0n) is 15.4. The van der Waals surface area contributed by atoms with Crippen molar-refractivity contribution in [2.75, 3.05) is 0 Å². The molecule has 0 spiro atoms. The minimum atomic E-state index is -0.392. The molecular formula is C21H22N4OS2. The summed E-state index contributed by atoms with van der Waals surface area (Å²) in [5, 5.41) is 11.9. The summed E-state index contributed by atoms with van der Waals surface area (Å²) in [6.07, 6.45) is 3.85. The van der Waals surface area contributed by atoms with Gasteiger partial charge in [-0.1, -0.05) is 30.3 Å². The molecule has 0 saturated carbocycles. The van der Waals surface area contributed by atoms with E-state index in [0.29, 0.717) is 19.0 Å². The molecule has 2 aromatic heterocycles. The van der Waals surface area contributed by atoms with Crippen molar-refractivity contribution >= 4 is 28.6 Å². The molecule has 4 heterocycles. The number of hydrogen-bond donors (Lipinski definition) is 2. The highest BCUT2D eigenvalue weighted by Gasteiger charge is 2.55. The molecule has 5 rings (SSSR count). The van der Waals surface area contributed by atoms with Crippen LogP contribution >= 0.6 is 22.7 Å². The largest absolute Gasteiger partial charge is 0.349 e. The van der Waals surface area contributed by atoms with Gasteiger partial charge in [0.1, 0.15) is 5.01 Å². The number of carbonyl (C=O) groups is 1. The second kappa shape index (κ2) is 7.39. The molecule has 2 saturated heterocycles. The van der Waals surface area contributed by atoms with E-state index in [1.54, 1.807) is 22.7 Å². The van der Waals surface area contributed by atoms with Crippen LogP contribution in [0, 0.1) is 5.41 Å². The van der Waals surface area contributed by atoms with Gasteiger partial charge in [0, 0.05) is 34.8 Å². The second-order valence-corrected chi connectivity index (χ2v) is 9.35. The monoisotopic (exact) mass is 410 g/mol. The van der Waals surface area contributed by atoms with Crippen LogP contribution in [0.5, 0.6) is 0 Å². The van der Waals surface area contributed by atoms with Crippen molar-refractivity contribution in [3.63, 3.8) is 0 Å². The van der Waals surface area contributed by atoms with E-state index in [1.165, 1.54) is 6.42 Å². The Hall–Kier alpha value is -2.09. The molecule has 0 aliphatic carbocycles. The molecule has 28 heavy (non-hydrogen) atoms. The van der Waals surface area contributed by atoms with E-state index in [2.05, 4.69) is 38.5 Å². The second-order valence-electron chi connectivity index (χ2n) is 7.69. The van der Waals surface area contributed by atoms with Gasteiger partial charge in [0.05, 0.1) is 28.9 Å². The van der Waals surface area contributed by atoms with Crippen LogP contribution in [-0.2, 0) is 17.8 Å². The first kappa shape index (κ1) is 18.0. The smallest absolute Gasteiger partial charge is 0.228 e. The van der Waals surface area contributed by atoms with E-state index >= 15 is 0 Å². The van der Waals surface area contributed by atoms with Crippen molar-refractivity contribution in [1.82, 2.24) is 20.6 Å². The summed E-state index contributed by atoms with van der Waals surface area (Å²) < 4.78 is 0. The highest BCUT2D eigenvalue weighted by molar-refractivity contribution is 7.10. The van der Waals surface area contributed by atoms with Crippen LogP contribution in [0.4, 0.5) is 0 Å². The molecule has 5 nitrogen and oxygen atoms in total. The number of nitrogens with one attached hydrogen (secondary N) is 2. The predicted molar refractivity (Wildman–Crippen MR) is 112 cm³/mol. The molecule has 1 amide bonds. The zero-order valence-corrected chi connectivity index (χ0v) is 17.1. The van der Waals surface area contributed by atoms with E-state index in [1.807, 2.05) is 23.7 Å². The fourth-order valence-electron chi connectivity index (χ4n) is 4.64. The first-order valence-electron chi connectivity index (χ1n) is 9.64. The lowest BCUT2D eigenvalue weighted by Gasteiger charge is -2.34. The summed E-state index contributed by atoms with van der Waals surface area (Å²) in [6, 6.07) is 10.8. The van der Waals surface area contributed by atoms with E-state index in [4.69, 9.17) is 4.98 Å². The van der Waals surface area contributed by atoms with Gasteiger partial charge in [-0.2, -0.15) is 0 Å². The third-order valence-electron chi connectivity index (χ3n) is 5.97. The quantitative estimate of drug-likeness (QED) is 0.651. The summed E-state index contributed by atoms with van der Waals surface area (Å²) in [4.78, 5) is 22.5. The van der Waals surface area contributed by atoms with Crippen molar-refractivity contribution in [2.45, 2.75) is 44.3 Å². The SMILES string of the molecule is O=C(NCc1nc(-c2ccccc2)cs1)[C@@]1(Cc2cscn2)C[C@H]2CC[C@@H]1N2. The Bertz CT molecular complexity index is 956. The Labute approximate surface area is 172 Å². The molecule has 0 radical (unpaired) electrons. The lowest BCUT2D eigenvalue weighted by Crippen LogP contribution is -2.49. The van der Waals surface area contributed by atoms with Gasteiger partial charge >= 0.3 is 0 Å². The molecule has 2 aliphatic heterocycles. The van der Waals surface area contributed by atoms with Gasteiger partial charge in [-0.25, -0.2) is 9.97 Å². The Balaban J connectivity index is 1.30.